The van der Waals surface area contributed by atoms with Crippen LogP contribution in [0.15, 0.2) is 12.2 Å². The SMILES string of the molecule is C=C(C)C(=O)OCC1(C)COC(=O)OC1. The topological polar surface area (TPSA) is 61.8 Å². The van der Waals surface area contributed by atoms with Gasteiger partial charge >= 0.3 is 12.1 Å². The van der Waals surface area contributed by atoms with Gasteiger partial charge in [0.1, 0.15) is 19.8 Å². The smallest absolute Gasteiger partial charge is 0.461 e. The lowest BCUT2D eigenvalue weighted by Gasteiger charge is -2.31. The second-order valence-corrected chi connectivity index (χ2v) is 3.99. The summed E-state index contributed by atoms with van der Waals surface area (Å²) in [5, 5.41) is 0. The van der Waals surface area contributed by atoms with E-state index in [1.54, 1.807) is 6.92 Å². The fourth-order valence-electron chi connectivity index (χ4n) is 0.996. The minimum atomic E-state index is -0.682. The number of hydrogen-bond acceptors (Lipinski definition) is 5. The van der Waals surface area contributed by atoms with Gasteiger partial charge < -0.3 is 14.2 Å². The van der Waals surface area contributed by atoms with E-state index in [-0.39, 0.29) is 19.8 Å². The van der Waals surface area contributed by atoms with Gasteiger partial charge in [-0.1, -0.05) is 6.58 Å². The van der Waals surface area contributed by atoms with Crippen LogP contribution >= 0.6 is 0 Å². The molecule has 5 nitrogen and oxygen atoms in total. The summed E-state index contributed by atoms with van der Waals surface area (Å²) >= 11 is 0. The van der Waals surface area contributed by atoms with E-state index in [4.69, 9.17) is 14.2 Å². The number of carbonyl (C=O) groups is 2. The lowest BCUT2D eigenvalue weighted by atomic mass is 9.94. The summed E-state index contributed by atoms with van der Waals surface area (Å²) in [6.07, 6.45) is -0.682. The molecule has 0 N–H and O–H groups in total. The molecule has 0 radical (unpaired) electrons. The molecule has 0 aromatic rings. The van der Waals surface area contributed by atoms with Crippen molar-refractivity contribution in [3.8, 4) is 0 Å². The summed E-state index contributed by atoms with van der Waals surface area (Å²) in [5.74, 6) is -0.451. The summed E-state index contributed by atoms with van der Waals surface area (Å²) in [4.78, 5) is 21.8. The molecule has 0 aromatic carbocycles. The van der Waals surface area contributed by atoms with E-state index in [1.807, 2.05) is 6.92 Å². The van der Waals surface area contributed by atoms with Crippen LogP contribution in [0, 0.1) is 5.41 Å². The average Bonchev–Trinajstić information content (AvgIpc) is 2.19. The Bertz CT molecular complexity index is 284. The van der Waals surface area contributed by atoms with E-state index >= 15 is 0 Å². The molecule has 0 saturated carbocycles. The maximum absolute atomic E-state index is 11.1. The zero-order chi connectivity index (χ0) is 11.5. The van der Waals surface area contributed by atoms with Crippen molar-refractivity contribution in [1.29, 1.82) is 0 Å². The summed E-state index contributed by atoms with van der Waals surface area (Å²) in [7, 11) is 0. The van der Waals surface area contributed by atoms with Gasteiger partial charge in [-0.3, -0.25) is 0 Å². The number of cyclic esters (lactones) is 2. The Kier molecular flexibility index (Phi) is 3.34. The number of esters is 1. The highest BCUT2D eigenvalue weighted by molar-refractivity contribution is 5.86. The van der Waals surface area contributed by atoms with E-state index in [0.717, 1.165) is 0 Å². The molecule has 0 aromatic heterocycles. The second kappa shape index (κ2) is 4.33. The zero-order valence-electron chi connectivity index (χ0n) is 8.87. The number of hydrogen-bond donors (Lipinski definition) is 0. The van der Waals surface area contributed by atoms with Gasteiger partial charge in [0.15, 0.2) is 0 Å². The highest BCUT2D eigenvalue weighted by Gasteiger charge is 2.34. The maximum atomic E-state index is 11.1. The van der Waals surface area contributed by atoms with Crippen LogP contribution in [0.3, 0.4) is 0 Å². The first-order valence-corrected chi connectivity index (χ1v) is 4.55. The molecule has 1 saturated heterocycles. The Labute approximate surface area is 88.0 Å². The molecule has 0 unspecified atom stereocenters. The van der Waals surface area contributed by atoms with Crippen LogP contribution in [-0.2, 0) is 19.0 Å². The van der Waals surface area contributed by atoms with Gasteiger partial charge in [-0.2, -0.15) is 0 Å². The van der Waals surface area contributed by atoms with Gasteiger partial charge in [0.2, 0.25) is 0 Å². The third-order valence-electron chi connectivity index (χ3n) is 1.98. The van der Waals surface area contributed by atoms with E-state index < -0.39 is 17.5 Å². The van der Waals surface area contributed by atoms with Gasteiger partial charge in [-0.15, -0.1) is 0 Å². The standard InChI is InChI=1S/C10H14O5/c1-7(2)8(11)13-4-10(3)5-14-9(12)15-6-10/h1,4-6H2,2-3H3. The molecule has 0 amide bonds. The number of carbonyl (C=O) groups excluding carboxylic acids is 2. The van der Waals surface area contributed by atoms with Crippen LogP contribution in [0.1, 0.15) is 13.8 Å². The minimum absolute atomic E-state index is 0.145. The van der Waals surface area contributed by atoms with Crippen LogP contribution in [0.5, 0.6) is 0 Å². The molecular formula is C10H14O5. The van der Waals surface area contributed by atoms with E-state index in [2.05, 4.69) is 6.58 Å². The van der Waals surface area contributed by atoms with Crippen molar-refractivity contribution in [2.45, 2.75) is 13.8 Å². The normalized spacial score (nSPS) is 18.7. The van der Waals surface area contributed by atoms with Crippen molar-refractivity contribution in [3.63, 3.8) is 0 Å². The van der Waals surface area contributed by atoms with Gasteiger partial charge in [-0.25, -0.2) is 9.59 Å². The van der Waals surface area contributed by atoms with Crippen molar-refractivity contribution in [3.05, 3.63) is 12.2 Å². The highest BCUT2D eigenvalue weighted by Crippen LogP contribution is 2.22. The third kappa shape index (κ3) is 3.27. The Morgan fingerprint density at radius 3 is 2.53 bits per heavy atom. The van der Waals surface area contributed by atoms with Crippen molar-refractivity contribution < 1.29 is 23.8 Å². The number of rotatable bonds is 3. The first-order valence-electron chi connectivity index (χ1n) is 4.55. The van der Waals surface area contributed by atoms with Crippen molar-refractivity contribution in [1.82, 2.24) is 0 Å². The predicted molar refractivity (Wildman–Crippen MR) is 51.2 cm³/mol. The summed E-state index contributed by atoms with van der Waals surface area (Å²) in [6.45, 7) is 7.37. The van der Waals surface area contributed by atoms with Crippen molar-refractivity contribution in [2.24, 2.45) is 5.41 Å². The van der Waals surface area contributed by atoms with Gasteiger partial charge in [0.25, 0.3) is 0 Å². The molecule has 0 aliphatic carbocycles. The summed E-state index contributed by atoms with van der Waals surface area (Å²) in [6, 6.07) is 0. The van der Waals surface area contributed by atoms with Crippen molar-refractivity contribution in [2.75, 3.05) is 19.8 Å². The van der Waals surface area contributed by atoms with Crippen LogP contribution in [0.25, 0.3) is 0 Å². The molecule has 0 bridgehead atoms. The molecule has 0 spiro atoms. The van der Waals surface area contributed by atoms with Gasteiger partial charge in [-0.05, 0) is 13.8 Å². The molecule has 1 heterocycles. The number of ether oxygens (including phenoxy) is 3. The predicted octanol–water partition coefficient (Wildman–Crippen LogP) is 1.28. The Morgan fingerprint density at radius 2 is 2.07 bits per heavy atom. The van der Waals surface area contributed by atoms with E-state index in [9.17, 15) is 9.59 Å². The van der Waals surface area contributed by atoms with Crippen LogP contribution in [0.2, 0.25) is 0 Å². The lowest BCUT2D eigenvalue weighted by Crippen LogP contribution is -2.41. The molecule has 1 rings (SSSR count). The minimum Gasteiger partial charge on any atom is -0.461 e. The fraction of sp³-hybridized carbons (Fsp3) is 0.600. The molecular weight excluding hydrogens is 200 g/mol. The lowest BCUT2D eigenvalue weighted by molar-refractivity contribution is -0.147. The average molecular weight is 214 g/mol. The second-order valence-electron chi connectivity index (χ2n) is 3.99. The molecule has 1 fully saturated rings. The molecule has 5 heteroatoms. The Hall–Kier alpha value is -1.52. The molecule has 84 valence electrons. The maximum Gasteiger partial charge on any atom is 0.508 e. The molecule has 0 atom stereocenters. The van der Waals surface area contributed by atoms with Crippen LogP contribution in [0.4, 0.5) is 4.79 Å². The van der Waals surface area contributed by atoms with Crippen molar-refractivity contribution >= 4 is 12.1 Å². The van der Waals surface area contributed by atoms with Gasteiger partial charge in [0, 0.05) is 5.57 Å². The highest BCUT2D eigenvalue weighted by atomic mass is 16.7. The quantitative estimate of drug-likeness (QED) is 0.523. The fourth-order valence-corrected chi connectivity index (χ4v) is 0.996. The van der Waals surface area contributed by atoms with Crippen LogP contribution in [-0.4, -0.2) is 31.9 Å². The Balaban J connectivity index is 2.40. The molecule has 1 aliphatic heterocycles. The molecule has 1 aliphatic rings. The zero-order valence-corrected chi connectivity index (χ0v) is 8.87. The summed E-state index contributed by atoms with van der Waals surface area (Å²) < 4.78 is 14.4. The van der Waals surface area contributed by atoms with E-state index in [0.29, 0.717) is 5.57 Å². The van der Waals surface area contributed by atoms with E-state index in [1.165, 1.54) is 0 Å². The van der Waals surface area contributed by atoms with Crippen LogP contribution < -0.4 is 0 Å². The van der Waals surface area contributed by atoms with Gasteiger partial charge in [0.05, 0.1) is 5.41 Å². The molecule has 15 heavy (non-hydrogen) atoms. The first-order chi connectivity index (χ1) is 6.93. The monoisotopic (exact) mass is 214 g/mol. The third-order valence-corrected chi connectivity index (χ3v) is 1.98. The largest absolute Gasteiger partial charge is 0.508 e. The summed E-state index contributed by atoms with van der Waals surface area (Å²) in [5.41, 5.74) is -0.133. The first kappa shape index (κ1) is 11.6. The Morgan fingerprint density at radius 1 is 1.53 bits per heavy atom.